The Morgan fingerprint density at radius 3 is 2.55 bits per heavy atom. The minimum Gasteiger partial charge on any atom is -0.497 e. The number of hydrogen-bond acceptors (Lipinski definition) is 6. The van der Waals surface area contributed by atoms with E-state index in [1.54, 1.807) is 13.4 Å². The van der Waals surface area contributed by atoms with Gasteiger partial charge in [-0.2, -0.15) is 0 Å². The molecule has 1 aliphatic rings. The third kappa shape index (κ3) is 5.16. The molecule has 1 aromatic heterocycles. The summed E-state index contributed by atoms with van der Waals surface area (Å²) < 4.78 is 5.28. The molecular formula is C23H27N5O. The van der Waals surface area contributed by atoms with Gasteiger partial charge in [0.2, 0.25) is 0 Å². The second-order valence-corrected chi connectivity index (χ2v) is 7.18. The maximum absolute atomic E-state index is 5.28. The van der Waals surface area contributed by atoms with E-state index in [0.29, 0.717) is 0 Å². The lowest BCUT2D eigenvalue weighted by molar-refractivity contribution is 0.414. The van der Waals surface area contributed by atoms with Crippen LogP contribution in [0, 0.1) is 0 Å². The van der Waals surface area contributed by atoms with E-state index in [-0.39, 0.29) is 0 Å². The summed E-state index contributed by atoms with van der Waals surface area (Å²) in [6, 6.07) is 18.6. The van der Waals surface area contributed by atoms with Crippen molar-refractivity contribution in [3.8, 4) is 5.75 Å². The Bertz CT molecular complexity index is 923. The fourth-order valence-corrected chi connectivity index (χ4v) is 3.56. The molecule has 150 valence electrons. The van der Waals surface area contributed by atoms with Crippen molar-refractivity contribution < 1.29 is 4.74 Å². The SMILES string of the molecule is COc1cccc(CCNc2cc(Nc3ccc(N4CCCC4)cc3)ncn2)c1. The molecule has 0 saturated carbocycles. The van der Waals surface area contributed by atoms with Crippen LogP contribution in [0.3, 0.4) is 0 Å². The molecule has 1 fully saturated rings. The van der Waals surface area contributed by atoms with E-state index in [1.807, 2.05) is 18.2 Å². The molecule has 1 aliphatic heterocycles. The highest BCUT2D eigenvalue weighted by Crippen LogP contribution is 2.24. The topological polar surface area (TPSA) is 62.3 Å². The molecule has 0 aliphatic carbocycles. The minimum atomic E-state index is 0.776. The van der Waals surface area contributed by atoms with Gasteiger partial charge >= 0.3 is 0 Å². The summed E-state index contributed by atoms with van der Waals surface area (Å²) in [5.41, 5.74) is 3.53. The van der Waals surface area contributed by atoms with Crippen LogP contribution in [-0.2, 0) is 6.42 Å². The molecule has 0 radical (unpaired) electrons. The van der Waals surface area contributed by atoms with Gasteiger partial charge in [-0.25, -0.2) is 9.97 Å². The fraction of sp³-hybridized carbons (Fsp3) is 0.304. The number of rotatable bonds is 8. The van der Waals surface area contributed by atoms with Crippen LogP contribution in [0.2, 0.25) is 0 Å². The lowest BCUT2D eigenvalue weighted by atomic mass is 10.1. The van der Waals surface area contributed by atoms with Crippen LogP contribution in [0.4, 0.5) is 23.0 Å². The molecule has 2 aromatic carbocycles. The third-order valence-electron chi connectivity index (χ3n) is 5.13. The van der Waals surface area contributed by atoms with Crippen molar-refractivity contribution in [2.24, 2.45) is 0 Å². The van der Waals surface area contributed by atoms with Crippen molar-refractivity contribution in [1.29, 1.82) is 0 Å². The van der Waals surface area contributed by atoms with E-state index >= 15 is 0 Å². The highest BCUT2D eigenvalue weighted by molar-refractivity contribution is 5.62. The molecule has 6 nitrogen and oxygen atoms in total. The zero-order valence-electron chi connectivity index (χ0n) is 16.8. The van der Waals surface area contributed by atoms with Gasteiger partial charge in [-0.15, -0.1) is 0 Å². The molecule has 4 rings (SSSR count). The molecule has 0 amide bonds. The molecule has 0 unspecified atom stereocenters. The Labute approximate surface area is 172 Å². The lowest BCUT2D eigenvalue weighted by Crippen LogP contribution is -2.17. The van der Waals surface area contributed by atoms with Crippen molar-refractivity contribution in [2.75, 3.05) is 42.3 Å². The number of nitrogens with zero attached hydrogens (tertiary/aromatic N) is 3. The molecule has 6 heteroatoms. The minimum absolute atomic E-state index is 0.776. The molecular weight excluding hydrogens is 362 g/mol. The number of hydrogen-bond donors (Lipinski definition) is 2. The highest BCUT2D eigenvalue weighted by Gasteiger charge is 2.11. The molecule has 2 N–H and O–H groups in total. The molecule has 0 atom stereocenters. The van der Waals surface area contributed by atoms with Crippen LogP contribution in [0.1, 0.15) is 18.4 Å². The van der Waals surface area contributed by atoms with Crippen molar-refractivity contribution in [3.05, 3.63) is 66.5 Å². The summed E-state index contributed by atoms with van der Waals surface area (Å²) in [6.07, 6.45) is 5.04. The average molecular weight is 390 g/mol. The van der Waals surface area contributed by atoms with Crippen molar-refractivity contribution in [2.45, 2.75) is 19.3 Å². The first-order valence-electron chi connectivity index (χ1n) is 10.1. The molecule has 2 heterocycles. The van der Waals surface area contributed by atoms with E-state index in [2.05, 4.69) is 61.9 Å². The maximum Gasteiger partial charge on any atom is 0.135 e. The van der Waals surface area contributed by atoms with Crippen molar-refractivity contribution in [3.63, 3.8) is 0 Å². The summed E-state index contributed by atoms with van der Waals surface area (Å²) in [7, 11) is 1.69. The first kappa shape index (κ1) is 19.1. The van der Waals surface area contributed by atoms with Crippen molar-refractivity contribution in [1.82, 2.24) is 9.97 Å². The summed E-state index contributed by atoms with van der Waals surface area (Å²) in [6.45, 7) is 3.10. The largest absolute Gasteiger partial charge is 0.497 e. The van der Waals surface area contributed by atoms with Gasteiger partial charge in [0.25, 0.3) is 0 Å². The smallest absolute Gasteiger partial charge is 0.135 e. The van der Waals surface area contributed by atoms with Gasteiger partial charge in [0.15, 0.2) is 0 Å². The summed E-state index contributed by atoms with van der Waals surface area (Å²) in [5.74, 6) is 2.46. The Hall–Kier alpha value is -3.28. The average Bonchev–Trinajstić information content (AvgIpc) is 3.30. The second kappa shape index (κ2) is 9.28. The van der Waals surface area contributed by atoms with Crippen LogP contribution in [0.15, 0.2) is 60.9 Å². The number of methoxy groups -OCH3 is 1. The quantitative estimate of drug-likeness (QED) is 0.592. The Kier molecular flexibility index (Phi) is 6.10. The van der Waals surface area contributed by atoms with Gasteiger partial charge in [0.1, 0.15) is 23.7 Å². The standard InChI is InChI=1S/C23H27N5O/c1-29-21-6-4-5-18(15-21)11-12-24-22-16-23(26-17-25-22)27-19-7-9-20(10-8-19)28-13-2-3-14-28/h4-10,15-17H,2-3,11-14H2,1H3,(H2,24,25,26,27). The van der Waals surface area contributed by atoms with Crippen LogP contribution >= 0.6 is 0 Å². The zero-order valence-corrected chi connectivity index (χ0v) is 16.8. The first-order chi connectivity index (χ1) is 14.3. The molecule has 0 bridgehead atoms. The molecule has 1 saturated heterocycles. The highest BCUT2D eigenvalue weighted by atomic mass is 16.5. The zero-order chi connectivity index (χ0) is 19.9. The number of aromatic nitrogens is 2. The van der Waals surface area contributed by atoms with E-state index in [4.69, 9.17) is 4.74 Å². The number of ether oxygens (including phenoxy) is 1. The fourth-order valence-electron chi connectivity index (χ4n) is 3.56. The van der Waals surface area contributed by atoms with Crippen LogP contribution in [0.25, 0.3) is 0 Å². The van der Waals surface area contributed by atoms with E-state index in [0.717, 1.165) is 49.1 Å². The predicted molar refractivity (Wildman–Crippen MR) is 118 cm³/mol. The Balaban J connectivity index is 1.32. The van der Waals surface area contributed by atoms with Crippen LogP contribution in [0.5, 0.6) is 5.75 Å². The lowest BCUT2D eigenvalue weighted by Gasteiger charge is -2.18. The monoisotopic (exact) mass is 389 g/mol. The van der Waals surface area contributed by atoms with Gasteiger partial charge in [0, 0.05) is 37.1 Å². The van der Waals surface area contributed by atoms with E-state index < -0.39 is 0 Å². The van der Waals surface area contributed by atoms with E-state index in [1.165, 1.54) is 24.1 Å². The number of anilines is 4. The van der Waals surface area contributed by atoms with Gasteiger partial charge in [0.05, 0.1) is 7.11 Å². The maximum atomic E-state index is 5.28. The summed E-state index contributed by atoms with van der Waals surface area (Å²) >= 11 is 0. The van der Waals surface area contributed by atoms with E-state index in [9.17, 15) is 0 Å². The van der Waals surface area contributed by atoms with Gasteiger partial charge in [-0.05, 0) is 61.2 Å². The van der Waals surface area contributed by atoms with Gasteiger partial charge in [-0.3, -0.25) is 0 Å². The first-order valence-corrected chi connectivity index (χ1v) is 10.1. The summed E-state index contributed by atoms with van der Waals surface area (Å²) in [5, 5.41) is 6.72. The van der Waals surface area contributed by atoms with Gasteiger partial charge < -0.3 is 20.3 Å². The van der Waals surface area contributed by atoms with Crippen LogP contribution in [-0.4, -0.2) is 36.7 Å². The summed E-state index contributed by atoms with van der Waals surface area (Å²) in [4.78, 5) is 11.1. The number of benzene rings is 2. The molecule has 29 heavy (non-hydrogen) atoms. The molecule has 0 spiro atoms. The second-order valence-electron chi connectivity index (χ2n) is 7.18. The molecule has 3 aromatic rings. The van der Waals surface area contributed by atoms with Crippen LogP contribution < -0.4 is 20.3 Å². The Morgan fingerprint density at radius 2 is 1.76 bits per heavy atom. The normalized spacial score (nSPS) is 13.3. The van der Waals surface area contributed by atoms with Gasteiger partial charge in [-0.1, -0.05) is 12.1 Å². The Morgan fingerprint density at radius 1 is 0.966 bits per heavy atom. The van der Waals surface area contributed by atoms with Crippen molar-refractivity contribution >= 4 is 23.0 Å². The predicted octanol–water partition coefficient (Wildman–Crippen LogP) is 4.48. The number of nitrogens with one attached hydrogen (secondary N) is 2. The third-order valence-corrected chi connectivity index (χ3v) is 5.13.